The Hall–Kier alpha value is -1.11. The Kier molecular flexibility index (Phi) is 4.33. The molecule has 5 nitrogen and oxygen atoms in total. The van der Waals surface area contributed by atoms with Crippen LogP contribution < -0.4 is 4.74 Å². The van der Waals surface area contributed by atoms with Gasteiger partial charge < -0.3 is 9.47 Å². The number of benzene rings is 1. The Morgan fingerprint density at radius 1 is 1.24 bits per heavy atom. The van der Waals surface area contributed by atoms with Gasteiger partial charge in [-0.1, -0.05) is 0 Å². The Morgan fingerprint density at radius 2 is 1.81 bits per heavy atom. The number of hydrogen-bond acceptors (Lipinski definition) is 4. The molecule has 1 aromatic carbocycles. The number of rotatable bonds is 3. The summed E-state index contributed by atoms with van der Waals surface area (Å²) >= 11 is 0. The van der Waals surface area contributed by atoms with Gasteiger partial charge in [0.15, 0.2) is 0 Å². The maximum absolute atomic E-state index is 13.1. The van der Waals surface area contributed by atoms with Crippen molar-refractivity contribution in [2.75, 3.05) is 26.9 Å². The van der Waals surface area contributed by atoms with E-state index >= 15 is 0 Å². The highest BCUT2D eigenvalue weighted by Crippen LogP contribution is 2.32. The lowest BCUT2D eigenvalue weighted by atomic mass is 10.1. The normalized spacial score (nSPS) is 19.5. The van der Waals surface area contributed by atoms with E-state index in [-0.39, 0.29) is 0 Å². The lowest BCUT2D eigenvalue weighted by Gasteiger charge is -2.41. The molecule has 0 unspecified atom stereocenters. The highest BCUT2D eigenvalue weighted by Gasteiger charge is 2.40. The number of morpholine rings is 1. The summed E-state index contributed by atoms with van der Waals surface area (Å²) < 4.78 is 38.3. The summed E-state index contributed by atoms with van der Waals surface area (Å²) in [7, 11) is -1.98. The fraction of sp³-hybridized carbons (Fsp3) is 0.600. The largest absolute Gasteiger partial charge is 0.497 e. The molecule has 0 saturated carbocycles. The van der Waals surface area contributed by atoms with Crippen molar-refractivity contribution in [2.45, 2.75) is 38.1 Å². The molecule has 0 N–H and O–H groups in total. The molecule has 21 heavy (non-hydrogen) atoms. The van der Waals surface area contributed by atoms with Crippen LogP contribution in [0.4, 0.5) is 0 Å². The molecule has 1 saturated heterocycles. The van der Waals surface area contributed by atoms with Crippen LogP contribution in [-0.4, -0.2) is 45.1 Å². The van der Waals surface area contributed by atoms with Crippen LogP contribution in [0.15, 0.2) is 17.0 Å². The smallest absolute Gasteiger partial charge is 0.244 e. The molecule has 1 aromatic rings. The Bertz CT molecular complexity index is 614. The van der Waals surface area contributed by atoms with Gasteiger partial charge in [-0.3, -0.25) is 0 Å². The van der Waals surface area contributed by atoms with E-state index in [1.165, 1.54) is 0 Å². The molecule has 0 bridgehead atoms. The number of nitrogens with zero attached hydrogens (tertiary/aromatic N) is 1. The Labute approximate surface area is 126 Å². The van der Waals surface area contributed by atoms with Crippen molar-refractivity contribution in [2.24, 2.45) is 0 Å². The maximum atomic E-state index is 13.1. The lowest BCUT2D eigenvalue weighted by molar-refractivity contribution is -0.00773. The molecular weight excluding hydrogens is 290 g/mol. The number of sulfonamides is 1. The van der Waals surface area contributed by atoms with Crippen molar-refractivity contribution in [1.29, 1.82) is 0 Å². The van der Waals surface area contributed by atoms with Gasteiger partial charge in [0.1, 0.15) is 5.75 Å². The molecule has 0 amide bonds. The standard InChI is InChI=1S/C15H23NO4S/c1-11-8-13(19-5)9-12(2)14(11)21(17,18)16-6-7-20-10-15(16,3)4/h8-9H,6-7,10H2,1-5H3. The summed E-state index contributed by atoms with van der Waals surface area (Å²) in [6, 6.07) is 3.51. The molecule has 1 aliphatic rings. The molecule has 0 radical (unpaired) electrons. The molecule has 1 fully saturated rings. The van der Waals surface area contributed by atoms with Gasteiger partial charge in [-0.2, -0.15) is 4.31 Å². The zero-order valence-electron chi connectivity index (χ0n) is 13.3. The van der Waals surface area contributed by atoms with Crippen LogP contribution in [0.2, 0.25) is 0 Å². The zero-order chi connectivity index (χ0) is 15.8. The quantitative estimate of drug-likeness (QED) is 0.857. The molecule has 0 atom stereocenters. The van der Waals surface area contributed by atoms with Crippen LogP contribution in [0.1, 0.15) is 25.0 Å². The predicted molar refractivity (Wildman–Crippen MR) is 81.3 cm³/mol. The van der Waals surface area contributed by atoms with Crippen LogP contribution in [0.5, 0.6) is 5.75 Å². The summed E-state index contributed by atoms with van der Waals surface area (Å²) in [5.74, 6) is 0.671. The summed E-state index contributed by atoms with van der Waals surface area (Å²) in [4.78, 5) is 0.373. The molecule has 0 aromatic heterocycles. The van der Waals surface area contributed by atoms with E-state index in [0.717, 1.165) is 0 Å². The molecule has 6 heteroatoms. The van der Waals surface area contributed by atoms with Gasteiger partial charge in [0, 0.05) is 6.54 Å². The second-order valence-electron chi connectivity index (χ2n) is 6.03. The fourth-order valence-corrected chi connectivity index (χ4v) is 5.01. The van der Waals surface area contributed by atoms with Crippen molar-refractivity contribution in [3.8, 4) is 5.75 Å². The van der Waals surface area contributed by atoms with E-state index in [0.29, 0.717) is 41.5 Å². The molecule has 2 rings (SSSR count). The Morgan fingerprint density at radius 3 is 2.29 bits per heavy atom. The first-order valence-corrected chi connectivity index (χ1v) is 8.40. The minimum absolute atomic E-state index is 0.373. The van der Waals surface area contributed by atoms with Crippen molar-refractivity contribution >= 4 is 10.0 Å². The summed E-state index contributed by atoms with van der Waals surface area (Å²) in [5.41, 5.74) is 0.860. The highest BCUT2D eigenvalue weighted by atomic mass is 32.2. The third kappa shape index (κ3) is 2.93. The number of hydrogen-bond donors (Lipinski definition) is 0. The number of aryl methyl sites for hydroxylation is 2. The average molecular weight is 313 g/mol. The monoisotopic (exact) mass is 313 g/mol. The topological polar surface area (TPSA) is 55.8 Å². The molecule has 0 spiro atoms. The van der Waals surface area contributed by atoms with E-state index < -0.39 is 15.6 Å². The van der Waals surface area contributed by atoms with Gasteiger partial charge >= 0.3 is 0 Å². The van der Waals surface area contributed by atoms with Crippen molar-refractivity contribution < 1.29 is 17.9 Å². The van der Waals surface area contributed by atoms with Crippen molar-refractivity contribution in [3.05, 3.63) is 23.3 Å². The van der Waals surface area contributed by atoms with Crippen molar-refractivity contribution in [1.82, 2.24) is 4.31 Å². The van der Waals surface area contributed by atoms with E-state index in [1.54, 1.807) is 37.4 Å². The third-order valence-electron chi connectivity index (χ3n) is 3.79. The van der Waals surface area contributed by atoms with Crippen molar-refractivity contribution in [3.63, 3.8) is 0 Å². The average Bonchev–Trinajstić information content (AvgIpc) is 2.36. The fourth-order valence-electron chi connectivity index (χ4n) is 2.84. The minimum atomic E-state index is -3.56. The van der Waals surface area contributed by atoms with Crippen LogP contribution in [-0.2, 0) is 14.8 Å². The number of methoxy groups -OCH3 is 1. The van der Waals surface area contributed by atoms with E-state index in [4.69, 9.17) is 9.47 Å². The summed E-state index contributed by atoms with van der Waals surface area (Å²) in [6.07, 6.45) is 0. The predicted octanol–water partition coefficient (Wildman–Crippen LogP) is 2.11. The SMILES string of the molecule is COc1cc(C)c(S(=O)(=O)N2CCOCC2(C)C)c(C)c1. The first kappa shape index (κ1) is 16.3. The van der Waals surface area contributed by atoms with E-state index in [1.807, 2.05) is 13.8 Å². The van der Waals surface area contributed by atoms with Gasteiger partial charge in [0.25, 0.3) is 0 Å². The molecule has 1 heterocycles. The Balaban J connectivity index is 2.54. The lowest BCUT2D eigenvalue weighted by Crippen LogP contribution is -2.55. The summed E-state index contributed by atoms with van der Waals surface area (Å²) in [5, 5.41) is 0. The summed E-state index contributed by atoms with van der Waals surface area (Å²) in [6.45, 7) is 8.58. The maximum Gasteiger partial charge on any atom is 0.244 e. The van der Waals surface area contributed by atoms with Crippen LogP contribution >= 0.6 is 0 Å². The van der Waals surface area contributed by atoms with Gasteiger partial charge in [-0.25, -0.2) is 8.42 Å². The first-order chi connectivity index (χ1) is 9.70. The van der Waals surface area contributed by atoms with Gasteiger partial charge in [-0.15, -0.1) is 0 Å². The zero-order valence-corrected chi connectivity index (χ0v) is 14.1. The molecular formula is C15H23NO4S. The molecule has 0 aliphatic carbocycles. The van der Waals surface area contributed by atoms with Crippen LogP contribution in [0.3, 0.4) is 0 Å². The second kappa shape index (κ2) is 5.59. The second-order valence-corrected chi connectivity index (χ2v) is 7.83. The van der Waals surface area contributed by atoms with Crippen LogP contribution in [0.25, 0.3) is 0 Å². The van der Waals surface area contributed by atoms with Gasteiger partial charge in [0.2, 0.25) is 10.0 Å². The minimum Gasteiger partial charge on any atom is -0.497 e. The molecule has 118 valence electrons. The van der Waals surface area contributed by atoms with Gasteiger partial charge in [-0.05, 0) is 51.0 Å². The van der Waals surface area contributed by atoms with Gasteiger partial charge in [0.05, 0.1) is 30.8 Å². The molecule has 1 aliphatic heterocycles. The highest BCUT2D eigenvalue weighted by molar-refractivity contribution is 7.89. The first-order valence-electron chi connectivity index (χ1n) is 6.96. The van der Waals surface area contributed by atoms with Crippen LogP contribution in [0, 0.1) is 13.8 Å². The van der Waals surface area contributed by atoms with E-state index in [9.17, 15) is 8.42 Å². The van der Waals surface area contributed by atoms with E-state index in [2.05, 4.69) is 0 Å². The third-order valence-corrected chi connectivity index (χ3v) is 6.20. The number of ether oxygens (including phenoxy) is 2.